The van der Waals surface area contributed by atoms with Crippen molar-refractivity contribution in [3.63, 3.8) is 0 Å². The number of fused-ring (bicyclic) bond motifs is 2. The van der Waals surface area contributed by atoms with Crippen molar-refractivity contribution in [2.24, 2.45) is 5.92 Å². The summed E-state index contributed by atoms with van der Waals surface area (Å²) in [4.78, 5) is 34.5. The van der Waals surface area contributed by atoms with Crippen LogP contribution in [0.25, 0.3) is 0 Å². The summed E-state index contributed by atoms with van der Waals surface area (Å²) >= 11 is 1.46. The van der Waals surface area contributed by atoms with Gasteiger partial charge in [-0.25, -0.2) is 14.6 Å². The largest absolute Gasteiger partial charge is 0.461 e. The van der Waals surface area contributed by atoms with Gasteiger partial charge in [0.25, 0.3) is 0 Å². The lowest BCUT2D eigenvalue weighted by Crippen LogP contribution is -2.51. The molecule has 0 radical (unpaired) electrons. The van der Waals surface area contributed by atoms with E-state index < -0.39 is 5.97 Å². The molecule has 7 nitrogen and oxygen atoms in total. The number of hydrogen-bond donors (Lipinski definition) is 0. The molecule has 8 heteroatoms. The Morgan fingerprint density at radius 2 is 1.83 bits per heavy atom. The van der Waals surface area contributed by atoms with Crippen LogP contribution in [-0.4, -0.2) is 36.2 Å². The lowest BCUT2D eigenvalue weighted by Gasteiger charge is -2.46. The first-order valence-corrected chi connectivity index (χ1v) is 13.5. The second-order valence-electron chi connectivity index (χ2n) is 9.10. The predicted octanol–water partition coefficient (Wildman–Crippen LogP) is 6.21. The summed E-state index contributed by atoms with van der Waals surface area (Å²) in [6.45, 7) is 5.20. The zero-order valence-corrected chi connectivity index (χ0v) is 21.4. The van der Waals surface area contributed by atoms with Gasteiger partial charge >= 0.3 is 12.1 Å². The summed E-state index contributed by atoms with van der Waals surface area (Å²) in [6, 6.07) is 18.0. The van der Waals surface area contributed by atoms with E-state index in [0.29, 0.717) is 12.3 Å². The number of nitrogens with zero attached hydrogens (tertiary/aromatic N) is 3. The Balaban J connectivity index is 1.47. The Kier molecular flexibility index (Phi) is 7.23. The third-order valence-corrected chi connectivity index (χ3v) is 7.96. The maximum atomic E-state index is 13.5. The third kappa shape index (κ3) is 4.57. The van der Waals surface area contributed by atoms with Crippen LogP contribution in [0.4, 0.5) is 15.6 Å². The molecule has 0 N–H and O–H groups in total. The minimum Gasteiger partial charge on any atom is -0.461 e. The Bertz CT molecular complexity index is 1210. The van der Waals surface area contributed by atoms with Crippen molar-refractivity contribution in [3.8, 4) is 0 Å². The molecular formula is C28H31N3O4S. The molecule has 1 aliphatic carbocycles. The number of esters is 1. The minimum absolute atomic E-state index is 0.0479. The van der Waals surface area contributed by atoms with Gasteiger partial charge in [-0.15, -0.1) is 11.3 Å². The number of carbonyl (C=O) groups is 2. The average molecular weight is 506 g/mol. The molecule has 1 aliphatic heterocycles. The van der Waals surface area contributed by atoms with Crippen molar-refractivity contribution in [2.45, 2.75) is 51.8 Å². The molecule has 2 aliphatic rings. The average Bonchev–Trinajstić information content (AvgIpc) is 3.59. The number of carbonyl (C=O) groups excluding carboxylic acids is 2. The number of aromatic nitrogens is 1. The molecule has 0 bridgehead atoms. The van der Waals surface area contributed by atoms with E-state index in [1.807, 2.05) is 53.4 Å². The van der Waals surface area contributed by atoms with Crippen molar-refractivity contribution in [1.82, 2.24) is 4.98 Å². The van der Waals surface area contributed by atoms with Gasteiger partial charge in [0.2, 0.25) is 0 Å². The Hall–Kier alpha value is -3.39. The number of amides is 1. The molecule has 1 fully saturated rings. The van der Waals surface area contributed by atoms with Gasteiger partial charge in [0.1, 0.15) is 6.61 Å². The topological polar surface area (TPSA) is 72.0 Å². The van der Waals surface area contributed by atoms with E-state index >= 15 is 0 Å². The quantitative estimate of drug-likeness (QED) is 0.355. The smallest absolute Gasteiger partial charge is 0.414 e. The van der Waals surface area contributed by atoms with Gasteiger partial charge in [-0.3, -0.25) is 4.90 Å². The van der Waals surface area contributed by atoms with Crippen LogP contribution >= 0.6 is 11.3 Å². The highest BCUT2D eigenvalue weighted by Gasteiger charge is 2.48. The fraction of sp³-hybridized carbons (Fsp3) is 0.393. The Morgan fingerprint density at radius 1 is 1.06 bits per heavy atom. The summed E-state index contributed by atoms with van der Waals surface area (Å²) in [6.07, 6.45) is 2.69. The number of rotatable bonds is 7. The van der Waals surface area contributed by atoms with Gasteiger partial charge < -0.3 is 14.4 Å². The number of hydrogen-bond acceptors (Lipinski definition) is 7. The van der Waals surface area contributed by atoms with Crippen LogP contribution in [-0.2, 0) is 16.1 Å². The molecule has 2 aromatic carbocycles. The van der Waals surface area contributed by atoms with Crippen LogP contribution in [0.5, 0.6) is 0 Å². The fourth-order valence-corrected chi connectivity index (χ4v) is 6.49. The first-order valence-electron chi connectivity index (χ1n) is 12.6. The van der Waals surface area contributed by atoms with Gasteiger partial charge in [-0.05, 0) is 43.9 Å². The standard InChI is InChI=1S/C28H31N3O4S/c1-3-30(27-29-22(18-36-27)26(32)34-4-2)25-20-13-8-9-15-23(20)31(24-16-10-14-21(24)25)28(33)35-17-19-11-6-5-7-12-19/h5-9,11-13,15,18,21,24-25H,3-4,10,14,16-17H2,1-2H3. The van der Waals surface area contributed by atoms with Crippen molar-refractivity contribution in [1.29, 1.82) is 0 Å². The van der Waals surface area contributed by atoms with E-state index in [-0.39, 0.29) is 30.7 Å². The van der Waals surface area contributed by atoms with Gasteiger partial charge in [0.05, 0.1) is 18.3 Å². The highest BCUT2D eigenvalue weighted by Crippen LogP contribution is 2.51. The molecule has 1 aromatic heterocycles. The third-order valence-electron chi connectivity index (χ3n) is 7.08. The summed E-state index contributed by atoms with van der Waals surface area (Å²) in [7, 11) is 0. The van der Waals surface area contributed by atoms with Crippen LogP contribution in [0.2, 0.25) is 0 Å². The van der Waals surface area contributed by atoms with Crippen LogP contribution in [0, 0.1) is 5.92 Å². The van der Waals surface area contributed by atoms with E-state index in [2.05, 4.69) is 22.9 Å². The second kappa shape index (κ2) is 10.7. The van der Waals surface area contributed by atoms with Gasteiger partial charge in [-0.1, -0.05) is 55.0 Å². The Morgan fingerprint density at radius 3 is 2.61 bits per heavy atom. The molecule has 3 unspecified atom stereocenters. The molecule has 0 saturated heterocycles. The number of para-hydroxylation sites is 1. The highest BCUT2D eigenvalue weighted by atomic mass is 32.1. The van der Waals surface area contributed by atoms with Crippen LogP contribution in [0.3, 0.4) is 0 Å². The van der Waals surface area contributed by atoms with E-state index in [9.17, 15) is 9.59 Å². The fourth-order valence-electron chi connectivity index (χ4n) is 5.59. The van der Waals surface area contributed by atoms with E-state index in [1.54, 1.807) is 12.3 Å². The molecule has 1 amide bonds. The van der Waals surface area contributed by atoms with Crippen molar-refractivity contribution in [2.75, 3.05) is 23.0 Å². The maximum Gasteiger partial charge on any atom is 0.414 e. The molecule has 1 saturated carbocycles. The molecule has 36 heavy (non-hydrogen) atoms. The SMILES string of the molecule is CCOC(=O)c1csc(N(CC)C2c3ccccc3N(C(=O)OCc3ccccc3)C3CCCC23)n1. The summed E-state index contributed by atoms with van der Waals surface area (Å²) in [5.41, 5.74) is 3.29. The summed E-state index contributed by atoms with van der Waals surface area (Å²) in [5.74, 6) is -0.162. The van der Waals surface area contributed by atoms with Crippen LogP contribution in [0.15, 0.2) is 60.0 Å². The highest BCUT2D eigenvalue weighted by molar-refractivity contribution is 7.13. The lowest BCUT2D eigenvalue weighted by molar-refractivity contribution is 0.0520. The molecule has 2 heterocycles. The molecule has 5 rings (SSSR count). The number of benzene rings is 2. The first-order chi connectivity index (χ1) is 17.6. The lowest BCUT2D eigenvalue weighted by atomic mass is 9.82. The molecule has 3 atom stereocenters. The van der Waals surface area contributed by atoms with Crippen molar-refractivity contribution in [3.05, 3.63) is 76.8 Å². The maximum absolute atomic E-state index is 13.5. The van der Waals surface area contributed by atoms with Gasteiger partial charge in [0.15, 0.2) is 10.8 Å². The van der Waals surface area contributed by atoms with E-state index in [0.717, 1.165) is 47.8 Å². The predicted molar refractivity (Wildman–Crippen MR) is 141 cm³/mol. The van der Waals surface area contributed by atoms with Gasteiger partial charge in [-0.2, -0.15) is 0 Å². The zero-order valence-electron chi connectivity index (χ0n) is 20.6. The van der Waals surface area contributed by atoms with E-state index in [1.165, 1.54) is 11.3 Å². The second-order valence-corrected chi connectivity index (χ2v) is 9.93. The minimum atomic E-state index is -0.397. The number of ether oxygens (including phenoxy) is 2. The molecular weight excluding hydrogens is 474 g/mol. The van der Waals surface area contributed by atoms with Gasteiger partial charge in [0, 0.05) is 23.9 Å². The monoisotopic (exact) mass is 505 g/mol. The summed E-state index contributed by atoms with van der Waals surface area (Å²) in [5, 5.41) is 2.57. The van der Waals surface area contributed by atoms with Crippen molar-refractivity contribution >= 4 is 34.2 Å². The molecule has 0 spiro atoms. The van der Waals surface area contributed by atoms with Crippen LogP contribution < -0.4 is 9.80 Å². The summed E-state index contributed by atoms with van der Waals surface area (Å²) < 4.78 is 11.0. The van der Waals surface area contributed by atoms with E-state index in [4.69, 9.17) is 9.47 Å². The normalized spacial score (nSPS) is 20.4. The zero-order chi connectivity index (χ0) is 25.1. The molecule has 188 valence electrons. The Labute approximate surface area is 215 Å². The van der Waals surface area contributed by atoms with Crippen molar-refractivity contribution < 1.29 is 19.1 Å². The number of thiazole rings is 1. The number of anilines is 2. The first kappa shape index (κ1) is 24.3. The molecule has 3 aromatic rings. The van der Waals surface area contributed by atoms with Crippen LogP contribution in [0.1, 0.15) is 60.8 Å².